The summed E-state index contributed by atoms with van der Waals surface area (Å²) >= 11 is 0. The van der Waals surface area contributed by atoms with E-state index in [-0.39, 0.29) is 5.92 Å². The fraction of sp³-hybridized carbons (Fsp3) is 0.643. The second kappa shape index (κ2) is 7.21. The number of allylic oxidation sites excluding steroid dienone is 2. The zero-order valence-electron chi connectivity index (χ0n) is 11.8. The minimum atomic E-state index is -1.82. The van der Waals surface area contributed by atoms with Crippen LogP contribution in [-0.4, -0.2) is 46.4 Å². The Morgan fingerprint density at radius 1 is 1.19 bits per heavy atom. The van der Waals surface area contributed by atoms with Crippen LogP contribution >= 0.6 is 0 Å². The van der Waals surface area contributed by atoms with Crippen molar-refractivity contribution in [2.24, 2.45) is 17.3 Å². The van der Waals surface area contributed by atoms with Gasteiger partial charge in [-0.15, -0.1) is 0 Å². The molecule has 3 unspecified atom stereocenters. The number of carboxylic acid groups (broad SMARTS) is 3. The molecular weight excluding hydrogens is 280 g/mol. The van der Waals surface area contributed by atoms with E-state index in [0.717, 1.165) is 12.8 Å². The summed E-state index contributed by atoms with van der Waals surface area (Å²) < 4.78 is 5.29. The average molecular weight is 300 g/mol. The summed E-state index contributed by atoms with van der Waals surface area (Å²) in [6.45, 7) is 3.17. The van der Waals surface area contributed by atoms with E-state index in [4.69, 9.17) is 24.5 Å². The van der Waals surface area contributed by atoms with Gasteiger partial charge in [-0.3, -0.25) is 4.79 Å². The zero-order chi connectivity index (χ0) is 16.0. The van der Waals surface area contributed by atoms with Gasteiger partial charge in [0.2, 0.25) is 0 Å². The van der Waals surface area contributed by atoms with E-state index in [1.165, 1.54) is 0 Å². The quantitative estimate of drug-likeness (QED) is 0.396. The number of hydrogen-bond acceptors (Lipinski definition) is 4. The molecule has 2 aliphatic carbocycles. The molecule has 1 saturated carbocycles. The minimum Gasteiger partial charge on any atom is -0.481 e. The van der Waals surface area contributed by atoms with E-state index in [1.54, 1.807) is 0 Å². The monoisotopic (exact) mass is 300 g/mol. The molecule has 3 N–H and O–H groups in total. The molecule has 2 rings (SSSR count). The maximum Gasteiger partial charge on any atom is 0.414 e. The normalized spacial score (nSPS) is 28.8. The van der Waals surface area contributed by atoms with Gasteiger partial charge < -0.3 is 20.1 Å². The number of carboxylic acids is 3. The van der Waals surface area contributed by atoms with Crippen LogP contribution in [0.3, 0.4) is 0 Å². The first-order valence-corrected chi connectivity index (χ1v) is 6.79. The molecule has 1 fully saturated rings. The van der Waals surface area contributed by atoms with Crippen LogP contribution in [0.1, 0.15) is 26.2 Å². The molecule has 0 aromatic heterocycles. The molecule has 7 heteroatoms. The molecule has 3 atom stereocenters. The van der Waals surface area contributed by atoms with E-state index in [1.807, 2.05) is 6.92 Å². The molecule has 0 radical (unpaired) electrons. The molecular formula is C14H20O7. The third-order valence-electron chi connectivity index (χ3n) is 4.01. The van der Waals surface area contributed by atoms with Crippen molar-refractivity contribution in [1.82, 2.24) is 0 Å². The van der Waals surface area contributed by atoms with Crippen molar-refractivity contribution in [1.29, 1.82) is 0 Å². The fourth-order valence-corrected chi connectivity index (χ4v) is 2.99. The number of carbonyl (C=O) groups is 3. The number of aliphatic carboxylic acids is 3. The molecule has 0 heterocycles. The topological polar surface area (TPSA) is 121 Å². The summed E-state index contributed by atoms with van der Waals surface area (Å²) in [5.74, 6) is -3.56. The summed E-state index contributed by atoms with van der Waals surface area (Å²) in [7, 11) is 0. The third-order valence-corrected chi connectivity index (χ3v) is 4.01. The average Bonchev–Trinajstić information content (AvgIpc) is 3.00. The lowest BCUT2D eigenvalue weighted by molar-refractivity contribution is -0.159. The predicted molar refractivity (Wildman–Crippen MR) is 71.8 cm³/mol. The number of fused-ring (bicyclic) bond motifs is 2. The lowest BCUT2D eigenvalue weighted by Crippen LogP contribution is -2.36. The highest BCUT2D eigenvalue weighted by Crippen LogP contribution is 2.54. The summed E-state index contributed by atoms with van der Waals surface area (Å²) in [5.41, 5.74) is -0.533. The van der Waals surface area contributed by atoms with Gasteiger partial charge in [-0.1, -0.05) is 12.2 Å². The van der Waals surface area contributed by atoms with Crippen molar-refractivity contribution in [3.05, 3.63) is 12.2 Å². The Labute approximate surface area is 122 Å². The lowest BCUT2D eigenvalue weighted by atomic mass is 9.73. The van der Waals surface area contributed by atoms with Crippen molar-refractivity contribution < 1.29 is 34.4 Å². The van der Waals surface area contributed by atoms with E-state index in [0.29, 0.717) is 25.6 Å². The van der Waals surface area contributed by atoms with Gasteiger partial charge >= 0.3 is 17.9 Å². The summed E-state index contributed by atoms with van der Waals surface area (Å²) in [5, 5.41) is 24.2. The molecule has 118 valence electrons. The number of rotatable bonds is 5. The number of ether oxygens (including phenoxy) is 1. The van der Waals surface area contributed by atoms with Crippen molar-refractivity contribution in [3.63, 3.8) is 0 Å². The third kappa shape index (κ3) is 4.04. The largest absolute Gasteiger partial charge is 0.481 e. The standard InChI is InChI=1S/C12H18O3.C2H2O4/c1-2-15-6-5-12(11(13)14)8-9-3-4-10(12)7-9;3-1(4)2(5)6/h3-4,9-10H,2,5-8H2,1H3,(H,13,14);(H,3,4)(H,5,6). The Kier molecular flexibility index (Phi) is 5.90. The van der Waals surface area contributed by atoms with Crippen LogP contribution in [-0.2, 0) is 19.1 Å². The van der Waals surface area contributed by atoms with Crippen LogP contribution in [0.5, 0.6) is 0 Å². The van der Waals surface area contributed by atoms with Gasteiger partial charge in [-0.05, 0) is 38.0 Å². The van der Waals surface area contributed by atoms with Gasteiger partial charge in [0.25, 0.3) is 0 Å². The first kappa shape index (κ1) is 17.2. The van der Waals surface area contributed by atoms with Crippen LogP contribution in [0.25, 0.3) is 0 Å². The van der Waals surface area contributed by atoms with Crippen LogP contribution in [0.15, 0.2) is 12.2 Å². The van der Waals surface area contributed by atoms with Gasteiger partial charge in [0.05, 0.1) is 5.41 Å². The maximum atomic E-state index is 11.4. The van der Waals surface area contributed by atoms with Gasteiger partial charge in [-0.25, -0.2) is 9.59 Å². The van der Waals surface area contributed by atoms with Gasteiger partial charge in [-0.2, -0.15) is 0 Å². The van der Waals surface area contributed by atoms with E-state index < -0.39 is 23.3 Å². The van der Waals surface area contributed by atoms with E-state index in [2.05, 4.69) is 12.2 Å². The molecule has 0 aliphatic heterocycles. The molecule has 0 aromatic rings. The van der Waals surface area contributed by atoms with Gasteiger partial charge in [0.1, 0.15) is 0 Å². The fourth-order valence-electron chi connectivity index (χ4n) is 2.99. The SMILES string of the molecule is CCOCCC1(C(=O)O)CC2C=CC1C2.O=C(O)C(=O)O. The molecule has 2 bridgehead atoms. The first-order chi connectivity index (χ1) is 9.83. The van der Waals surface area contributed by atoms with Crippen LogP contribution < -0.4 is 0 Å². The Morgan fingerprint density at radius 3 is 2.14 bits per heavy atom. The highest BCUT2D eigenvalue weighted by molar-refractivity contribution is 6.27. The Morgan fingerprint density at radius 2 is 1.81 bits per heavy atom. The highest BCUT2D eigenvalue weighted by atomic mass is 16.5. The smallest absolute Gasteiger partial charge is 0.414 e. The van der Waals surface area contributed by atoms with Crippen molar-refractivity contribution >= 4 is 17.9 Å². The van der Waals surface area contributed by atoms with Crippen molar-refractivity contribution in [2.75, 3.05) is 13.2 Å². The molecule has 7 nitrogen and oxygen atoms in total. The maximum absolute atomic E-state index is 11.4. The predicted octanol–water partition coefficient (Wildman–Crippen LogP) is 1.24. The Bertz CT molecular complexity index is 431. The van der Waals surface area contributed by atoms with Crippen molar-refractivity contribution in [2.45, 2.75) is 26.2 Å². The zero-order valence-corrected chi connectivity index (χ0v) is 11.8. The lowest BCUT2D eigenvalue weighted by Gasteiger charge is -2.30. The molecule has 0 saturated heterocycles. The molecule has 0 aromatic carbocycles. The van der Waals surface area contributed by atoms with E-state index >= 15 is 0 Å². The first-order valence-electron chi connectivity index (χ1n) is 6.79. The minimum absolute atomic E-state index is 0.237. The molecule has 21 heavy (non-hydrogen) atoms. The van der Waals surface area contributed by atoms with E-state index in [9.17, 15) is 9.90 Å². The molecule has 0 amide bonds. The summed E-state index contributed by atoms with van der Waals surface area (Å²) in [6.07, 6.45) is 6.75. The summed E-state index contributed by atoms with van der Waals surface area (Å²) in [6, 6.07) is 0. The van der Waals surface area contributed by atoms with Gasteiger partial charge in [0, 0.05) is 13.2 Å². The van der Waals surface area contributed by atoms with Crippen molar-refractivity contribution in [3.8, 4) is 0 Å². The number of hydrogen-bond donors (Lipinski definition) is 3. The van der Waals surface area contributed by atoms with Gasteiger partial charge in [0.15, 0.2) is 0 Å². The highest BCUT2D eigenvalue weighted by Gasteiger charge is 2.53. The molecule has 0 spiro atoms. The second-order valence-corrected chi connectivity index (χ2v) is 5.21. The van der Waals surface area contributed by atoms with Crippen LogP contribution in [0.4, 0.5) is 0 Å². The second-order valence-electron chi connectivity index (χ2n) is 5.21. The Hall–Kier alpha value is -1.89. The molecule has 2 aliphatic rings. The van der Waals surface area contributed by atoms with Crippen LogP contribution in [0, 0.1) is 17.3 Å². The van der Waals surface area contributed by atoms with Crippen LogP contribution in [0.2, 0.25) is 0 Å². The Balaban J connectivity index is 0.000000315. The summed E-state index contributed by atoms with van der Waals surface area (Å²) in [4.78, 5) is 29.6.